The van der Waals surface area contributed by atoms with Crippen molar-refractivity contribution in [1.82, 2.24) is 4.83 Å². The van der Waals surface area contributed by atoms with Gasteiger partial charge in [0.2, 0.25) is 0 Å². The minimum Gasteiger partial charge on any atom is -0.488 e. The highest BCUT2D eigenvalue weighted by Crippen LogP contribution is 2.28. The van der Waals surface area contributed by atoms with Crippen LogP contribution in [0.25, 0.3) is 21.5 Å². The van der Waals surface area contributed by atoms with Crippen LogP contribution in [0.4, 0.5) is 0 Å². The van der Waals surface area contributed by atoms with Gasteiger partial charge in [0.05, 0.1) is 11.1 Å². The monoisotopic (exact) mass is 480 g/mol. The number of rotatable bonds is 7. The predicted molar refractivity (Wildman–Crippen MR) is 141 cm³/mol. The number of nitrogens with zero attached hydrogens (tertiary/aromatic N) is 1. The van der Waals surface area contributed by atoms with Crippen molar-refractivity contribution in [3.8, 4) is 5.75 Å². The van der Waals surface area contributed by atoms with Crippen molar-refractivity contribution in [3.63, 3.8) is 0 Å². The zero-order valence-corrected chi connectivity index (χ0v) is 20.0. The molecule has 1 N–H and O–H groups in total. The summed E-state index contributed by atoms with van der Waals surface area (Å²) in [5, 5.41) is 8.30. The molecule has 0 aromatic heterocycles. The Bertz CT molecular complexity index is 1640. The maximum absolute atomic E-state index is 12.7. The number of benzene rings is 5. The van der Waals surface area contributed by atoms with Crippen LogP contribution in [0.3, 0.4) is 0 Å². The molecule has 0 atom stereocenters. The van der Waals surface area contributed by atoms with Crippen LogP contribution in [0.5, 0.6) is 5.75 Å². The molecule has 0 heterocycles. The SMILES string of the molecule is Cc1ccc(S(=O)(=O)N/N=C\c2c(OCc3cccc4ccccc34)ccc3ccccc23)cc1. The Balaban J connectivity index is 1.45. The first-order chi connectivity index (χ1) is 17.0. The van der Waals surface area contributed by atoms with Gasteiger partial charge in [0, 0.05) is 5.56 Å². The molecule has 0 aliphatic carbocycles. The van der Waals surface area contributed by atoms with E-state index in [1.54, 1.807) is 24.3 Å². The van der Waals surface area contributed by atoms with Crippen molar-refractivity contribution in [3.05, 3.63) is 120 Å². The molecule has 0 spiro atoms. The van der Waals surface area contributed by atoms with Gasteiger partial charge in [-0.1, -0.05) is 90.5 Å². The summed E-state index contributed by atoms with van der Waals surface area (Å²) >= 11 is 0. The van der Waals surface area contributed by atoms with Gasteiger partial charge in [-0.3, -0.25) is 0 Å². The van der Waals surface area contributed by atoms with Gasteiger partial charge in [0.15, 0.2) is 0 Å². The number of hydrogen-bond donors (Lipinski definition) is 1. The number of hydrogen-bond acceptors (Lipinski definition) is 4. The molecule has 0 radical (unpaired) electrons. The predicted octanol–water partition coefficient (Wildman–Crippen LogP) is 6.19. The summed E-state index contributed by atoms with van der Waals surface area (Å²) < 4.78 is 31.6. The third-order valence-electron chi connectivity index (χ3n) is 5.89. The second-order valence-electron chi connectivity index (χ2n) is 8.29. The lowest BCUT2D eigenvalue weighted by Gasteiger charge is -2.13. The largest absolute Gasteiger partial charge is 0.488 e. The molecular formula is C29H24N2O3S. The maximum atomic E-state index is 12.7. The Morgan fingerprint density at radius 2 is 1.43 bits per heavy atom. The summed E-state index contributed by atoms with van der Waals surface area (Å²) in [4.78, 5) is 2.48. The second kappa shape index (κ2) is 9.60. The van der Waals surface area contributed by atoms with Gasteiger partial charge in [-0.25, -0.2) is 4.83 Å². The third kappa shape index (κ3) is 4.88. The van der Waals surface area contributed by atoms with Crippen molar-refractivity contribution in [2.75, 3.05) is 0 Å². The van der Waals surface area contributed by atoms with Gasteiger partial charge in [-0.05, 0) is 52.2 Å². The standard InChI is InChI=1S/C29H24N2O3S/c1-21-13-16-25(17-14-21)35(32,33)31-30-19-28-27-12-5-3-8-23(27)15-18-29(28)34-20-24-10-6-9-22-7-2-4-11-26(22)24/h2-19,31H,20H2,1H3/b30-19-. The van der Waals surface area contributed by atoms with Crippen LogP contribution in [-0.2, 0) is 16.6 Å². The smallest absolute Gasteiger partial charge is 0.276 e. The van der Waals surface area contributed by atoms with E-state index in [1.807, 2.05) is 67.6 Å². The van der Waals surface area contributed by atoms with Gasteiger partial charge in [0.1, 0.15) is 12.4 Å². The average Bonchev–Trinajstić information content (AvgIpc) is 2.88. The van der Waals surface area contributed by atoms with Gasteiger partial charge in [0.25, 0.3) is 10.0 Å². The Kier molecular flexibility index (Phi) is 6.21. The topological polar surface area (TPSA) is 67.8 Å². The van der Waals surface area contributed by atoms with Crippen LogP contribution in [0, 0.1) is 6.92 Å². The van der Waals surface area contributed by atoms with Crippen LogP contribution >= 0.6 is 0 Å². The maximum Gasteiger partial charge on any atom is 0.276 e. The quantitative estimate of drug-likeness (QED) is 0.223. The molecule has 5 nitrogen and oxygen atoms in total. The first kappa shape index (κ1) is 22.6. The molecule has 0 bridgehead atoms. The summed E-state index contributed by atoms with van der Waals surface area (Å²) in [6.07, 6.45) is 1.51. The number of nitrogens with one attached hydrogen (secondary N) is 1. The summed E-state index contributed by atoms with van der Waals surface area (Å²) in [7, 11) is -3.78. The normalized spacial score (nSPS) is 11.8. The molecule has 0 saturated heterocycles. The molecule has 0 saturated carbocycles. The Morgan fingerprint density at radius 3 is 2.20 bits per heavy atom. The fourth-order valence-corrected chi connectivity index (χ4v) is 4.83. The molecule has 0 fully saturated rings. The van der Waals surface area contributed by atoms with E-state index in [0.29, 0.717) is 17.9 Å². The van der Waals surface area contributed by atoms with Crippen LogP contribution in [0.15, 0.2) is 113 Å². The Hall–Kier alpha value is -4.16. The van der Waals surface area contributed by atoms with Crippen molar-refractivity contribution < 1.29 is 13.2 Å². The van der Waals surface area contributed by atoms with E-state index in [-0.39, 0.29) is 4.90 Å². The summed E-state index contributed by atoms with van der Waals surface area (Å²) in [5.74, 6) is 0.620. The summed E-state index contributed by atoms with van der Waals surface area (Å²) in [5.41, 5.74) is 2.75. The van der Waals surface area contributed by atoms with Crippen molar-refractivity contribution in [2.45, 2.75) is 18.4 Å². The first-order valence-corrected chi connectivity index (χ1v) is 12.7. The molecule has 5 aromatic rings. The van der Waals surface area contributed by atoms with E-state index >= 15 is 0 Å². The van der Waals surface area contributed by atoms with E-state index < -0.39 is 10.0 Å². The summed E-state index contributed by atoms with van der Waals surface area (Å²) in [6.45, 7) is 2.28. The van der Waals surface area contributed by atoms with Gasteiger partial charge in [-0.15, -0.1) is 0 Å². The summed E-state index contributed by atoms with van der Waals surface area (Å²) in [6, 6.07) is 32.7. The molecule has 0 aliphatic rings. The van der Waals surface area contributed by atoms with Crippen molar-refractivity contribution >= 4 is 37.8 Å². The van der Waals surface area contributed by atoms with E-state index in [0.717, 1.165) is 32.7 Å². The Labute approximate surface area is 204 Å². The molecule has 5 aromatic carbocycles. The fraction of sp³-hybridized carbons (Fsp3) is 0.0690. The lowest BCUT2D eigenvalue weighted by molar-refractivity contribution is 0.307. The number of fused-ring (bicyclic) bond motifs is 2. The lowest BCUT2D eigenvalue weighted by atomic mass is 10.0. The molecule has 0 aliphatic heterocycles. The third-order valence-corrected chi connectivity index (χ3v) is 7.13. The molecule has 6 heteroatoms. The highest BCUT2D eigenvalue weighted by molar-refractivity contribution is 7.89. The highest BCUT2D eigenvalue weighted by atomic mass is 32.2. The van der Waals surface area contributed by atoms with Crippen molar-refractivity contribution in [1.29, 1.82) is 0 Å². The highest BCUT2D eigenvalue weighted by Gasteiger charge is 2.13. The first-order valence-electron chi connectivity index (χ1n) is 11.2. The van der Waals surface area contributed by atoms with Crippen LogP contribution in [0.2, 0.25) is 0 Å². The van der Waals surface area contributed by atoms with Gasteiger partial charge >= 0.3 is 0 Å². The molecule has 35 heavy (non-hydrogen) atoms. The lowest BCUT2D eigenvalue weighted by Crippen LogP contribution is -2.18. The van der Waals surface area contributed by atoms with Crippen molar-refractivity contribution in [2.24, 2.45) is 5.10 Å². The molecule has 0 amide bonds. The number of ether oxygens (including phenoxy) is 1. The molecule has 0 unspecified atom stereocenters. The van der Waals surface area contributed by atoms with Crippen LogP contribution in [0.1, 0.15) is 16.7 Å². The van der Waals surface area contributed by atoms with Gasteiger partial charge < -0.3 is 4.74 Å². The van der Waals surface area contributed by atoms with Gasteiger partial charge in [-0.2, -0.15) is 13.5 Å². The van der Waals surface area contributed by atoms with E-state index in [2.05, 4.69) is 28.1 Å². The van der Waals surface area contributed by atoms with E-state index in [4.69, 9.17) is 4.74 Å². The van der Waals surface area contributed by atoms with E-state index in [1.165, 1.54) is 6.21 Å². The van der Waals surface area contributed by atoms with E-state index in [9.17, 15) is 8.42 Å². The molecule has 174 valence electrons. The zero-order chi connectivity index (χ0) is 24.3. The molecular weight excluding hydrogens is 456 g/mol. The average molecular weight is 481 g/mol. The fourth-order valence-electron chi connectivity index (χ4n) is 4.04. The van der Waals surface area contributed by atoms with Crippen LogP contribution in [-0.4, -0.2) is 14.6 Å². The van der Waals surface area contributed by atoms with Crippen LogP contribution < -0.4 is 9.57 Å². The Morgan fingerprint density at radius 1 is 0.771 bits per heavy atom. The zero-order valence-electron chi connectivity index (χ0n) is 19.2. The second-order valence-corrected chi connectivity index (χ2v) is 9.95. The number of hydrazone groups is 1. The number of aryl methyl sites for hydroxylation is 1. The molecule has 5 rings (SSSR count). The minimum absolute atomic E-state index is 0.158. The minimum atomic E-state index is -3.78. The number of sulfonamides is 1.